The minimum Gasteiger partial charge on any atom is -0.493 e. The highest BCUT2D eigenvalue weighted by Gasteiger charge is 2.04. The molecule has 1 N–H and O–H groups in total. The molecule has 0 aromatic heterocycles. The smallest absolute Gasteiger partial charge is 0.161 e. The summed E-state index contributed by atoms with van der Waals surface area (Å²) in [6, 6.07) is 13.7. The number of nitrogens with one attached hydrogen (secondary N) is 1. The zero-order valence-electron chi connectivity index (χ0n) is 12.1. The maximum atomic E-state index is 6.12. The van der Waals surface area contributed by atoms with Crippen molar-refractivity contribution in [2.75, 3.05) is 14.2 Å². The van der Waals surface area contributed by atoms with Crippen LogP contribution in [0.2, 0.25) is 5.02 Å². The predicted octanol–water partition coefficient (Wildman–Crippen LogP) is 4.22. The van der Waals surface area contributed by atoms with E-state index in [-0.39, 0.29) is 17.0 Å². The van der Waals surface area contributed by atoms with Crippen LogP contribution in [0.25, 0.3) is 0 Å². The number of halogens is 2. The molecule has 5 heteroatoms. The lowest BCUT2D eigenvalue weighted by molar-refractivity contribution is 0.354. The lowest BCUT2D eigenvalue weighted by atomic mass is 10.2. The molecule has 21 heavy (non-hydrogen) atoms. The van der Waals surface area contributed by atoms with E-state index < -0.39 is 0 Å². The monoisotopic (exact) mass is 371 g/mol. The molecule has 0 aliphatic rings. The molecule has 0 atom stereocenters. The van der Waals surface area contributed by atoms with Gasteiger partial charge in [0.2, 0.25) is 0 Å². The van der Waals surface area contributed by atoms with E-state index >= 15 is 0 Å². The Balaban J connectivity index is 0.00000220. The van der Waals surface area contributed by atoms with Crippen molar-refractivity contribution in [1.82, 2.24) is 5.32 Å². The van der Waals surface area contributed by atoms with Gasteiger partial charge in [-0.3, -0.25) is 0 Å². The van der Waals surface area contributed by atoms with E-state index in [0.717, 1.165) is 40.7 Å². The molecular formula is C16H19BrClNO2. The van der Waals surface area contributed by atoms with E-state index in [9.17, 15) is 0 Å². The Morgan fingerprint density at radius 2 is 1.67 bits per heavy atom. The molecule has 0 amide bonds. The van der Waals surface area contributed by atoms with Crippen molar-refractivity contribution in [1.29, 1.82) is 0 Å². The van der Waals surface area contributed by atoms with Gasteiger partial charge in [0, 0.05) is 18.1 Å². The van der Waals surface area contributed by atoms with Crippen molar-refractivity contribution < 1.29 is 9.47 Å². The minimum absolute atomic E-state index is 0. The van der Waals surface area contributed by atoms with Gasteiger partial charge in [-0.25, -0.2) is 0 Å². The van der Waals surface area contributed by atoms with Gasteiger partial charge in [-0.1, -0.05) is 35.9 Å². The fourth-order valence-electron chi connectivity index (χ4n) is 1.97. The zero-order valence-corrected chi connectivity index (χ0v) is 14.5. The fourth-order valence-corrected chi connectivity index (χ4v) is 2.18. The van der Waals surface area contributed by atoms with Crippen LogP contribution in [-0.2, 0) is 13.1 Å². The Morgan fingerprint density at radius 1 is 0.952 bits per heavy atom. The standard InChI is InChI=1S/C16H18ClNO2.BrH/c1-19-15-8-7-12(9-16(15)20-2)10-18-11-13-5-3-4-6-14(13)17;/h3-9,18H,10-11H2,1-2H3;1H. The van der Waals surface area contributed by atoms with E-state index in [0.29, 0.717) is 0 Å². The van der Waals surface area contributed by atoms with Crippen molar-refractivity contribution in [3.8, 4) is 11.5 Å². The average Bonchev–Trinajstić information content (AvgIpc) is 2.49. The van der Waals surface area contributed by atoms with Crippen LogP contribution in [0.3, 0.4) is 0 Å². The van der Waals surface area contributed by atoms with Crippen LogP contribution in [0.15, 0.2) is 42.5 Å². The summed E-state index contributed by atoms with van der Waals surface area (Å²) in [5.74, 6) is 1.48. The third kappa shape index (κ3) is 4.92. The summed E-state index contributed by atoms with van der Waals surface area (Å²) in [6.45, 7) is 1.47. The van der Waals surface area contributed by atoms with Gasteiger partial charge < -0.3 is 14.8 Å². The molecular weight excluding hydrogens is 354 g/mol. The Bertz CT molecular complexity index is 578. The van der Waals surface area contributed by atoms with E-state index in [2.05, 4.69) is 5.32 Å². The lowest BCUT2D eigenvalue weighted by Crippen LogP contribution is -2.13. The second-order valence-electron chi connectivity index (χ2n) is 4.38. The summed E-state index contributed by atoms with van der Waals surface area (Å²) >= 11 is 6.12. The first-order valence-corrected chi connectivity index (χ1v) is 6.77. The molecule has 2 aromatic carbocycles. The second kappa shape index (κ2) is 8.93. The van der Waals surface area contributed by atoms with Crippen LogP contribution in [0.5, 0.6) is 11.5 Å². The van der Waals surface area contributed by atoms with Crippen LogP contribution in [0.4, 0.5) is 0 Å². The topological polar surface area (TPSA) is 30.5 Å². The molecule has 0 unspecified atom stereocenters. The highest BCUT2D eigenvalue weighted by atomic mass is 79.9. The maximum Gasteiger partial charge on any atom is 0.161 e. The van der Waals surface area contributed by atoms with E-state index in [1.54, 1.807) is 14.2 Å². The molecule has 0 aliphatic carbocycles. The third-order valence-electron chi connectivity index (χ3n) is 3.05. The molecule has 114 valence electrons. The first kappa shape index (κ1) is 17.8. The van der Waals surface area contributed by atoms with Crippen molar-refractivity contribution in [3.63, 3.8) is 0 Å². The fraction of sp³-hybridized carbons (Fsp3) is 0.250. The molecule has 0 fully saturated rings. The first-order chi connectivity index (χ1) is 9.74. The van der Waals surface area contributed by atoms with Crippen molar-refractivity contribution in [2.45, 2.75) is 13.1 Å². The maximum absolute atomic E-state index is 6.12. The number of methoxy groups -OCH3 is 2. The minimum atomic E-state index is 0. The SMILES string of the molecule is Br.COc1ccc(CNCc2ccccc2Cl)cc1OC. The van der Waals surface area contributed by atoms with Crippen LogP contribution < -0.4 is 14.8 Å². The summed E-state index contributed by atoms with van der Waals surface area (Å²) in [5.41, 5.74) is 2.23. The van der Waals surface area contributed by atoms with Gasteiger partial charge in [0.05, 0.1) is 14.2 Å². The number of hydrogen-bond acceptors (Lipinski definition) is 3. The average molecular weight is 373 g/mol. The number of rotatable bonds is 6. The van der Waals surface area contributed by atoms with E-state index in [4.69, 9.17) is 21.1 Å². The quantitative estimate of drug-likeness (QED) is 0.823. The predicted molar refractivity (Wildman–Crippen MR) is 91.9 cm³/mol. The van der Waals surface area contributed by atoms with Gasteiger partial charge in [0.25, 0.3) is 0 Å². The number of benzene rings is 2. The molecule has 0 bridgehead atoms. The van der Waals surface area contributed by atoms with Gasteiger partial charge in [-0.2, -0.15) is 0 Å². The van der Waals surface area contributed by atoms with Crippen LogP contribution >= 0.6 is 28.6 Å². The van der Waals surface area contributed by atoms with Gasteiger partial charge in [0.15, 0.2) is 11.5 Å². The normalized spacial score (nSPS) is 9.86. The highest BCUT2D eigenvalue weighted by Crippen LogP contribution is 2.27. The Hall–Kier alpha value is -1.23. The second-order valence-corrected chi connectivity index (χ2v) is 4.79. The van der Waals surface area contributed by atoms with Gasteiger partial charge in [0.1, 0.15) is 0 Å². The largest absolute Gasteiger partial charge is 0.493 e. The summed E-state index contributed by atoms with van der Waals surface area (Å²) in [4.78, 5) is 0. The summed E-state index contributed by atoms with van der Waals surface area (Å²) < 4.78 is 10.5. The summed E-state index contributed by atoms with van der Waals surface area (Å²) in [5, 5.41) is 4.15. The Morgan fingerprint density at radius 3 is 2.33 bits per heavy atom. The third-order valence-corrected chi connectivity index (χ3v) is 3.42. The van der Waals surface area contributed by atoms with E-state index in [1.165, 1.54) is 0 Å². The number of ether oxygens (including phenoxy) is 2. The van der Waals surface area contributed by atoms with Gasteiger partial charge in [-0.15, -0.1) is 17.0 Å². The summed E-state index contributed by atoms with van der Waals surface area (Å²) in [6.07, 6.45) is 0. The molecule has 0 saturated carbocycles. The summed E-state index contributed by atoms with van der Waals surface area (Å²) in [7, 11) is 3.27. The molecule has 0 spiro atoms. The molecule has 2 rings (SSSR count). The molecule has 0 radical (unpaired) electrons. The number of hydrogen-bond donors (Lipinski definition) is 1. The van der Waals surface area contributed by atoms with Crippen LogP contribution in [0.1, 0.15) is 11.1 Å². The van der Waals surface area contributed by atoms with Crippen molar-refractivity contribution in [2.24, 2.45) is 0 Å². The van der Waals surface area contributed by atoms with E-state index in [1.807, 2.05) is 42.5 Å². The Labute approximate surface area is 141 Å². The van der Waals surface area contributed by atoms with Crippen molar-refractivity contribution >= 4 is 28.6 Å². The van der Waals surface area contributed by atoms with Gasteiger partial charge in [-0.05, 0) is 29.3 Å². The Kier molecular flexibility index (Phi) is 7.57. The van der Waals surface area contributed by atoms with Crippen molar-refractivity contribution in [3.05, 3.63) is 58.6 Å². The van der Waals surface area contributed by atoms with Gasteiger partial charge >= 0.3 is 0 Å². The lowest BCUT2D eigenvalue weighted by Gasteiger charge is -2.10. The molecule has 0 saturated heterocycles. The molecule has 0 heterocycles. The van der Waals surface area contributed by atoms with Crippen LogP contribution in [-0.4, -0.2) is 14.2 Å². The highest BCUT2D eigenvalue weighted by molar-refractivity contribution is 8.93. The van der Waals surface area contributed by atoms with Crippen LogP contribution in [0, 0.1) is 0 Å². The molecule has 0 aliphatic heterocycles. The first-order valence-electron chi connectivity index (χ1n) is 6.39. The zero-order chi connectivity index (χ0) is 14.4. The molecule has 2 aromatic rings. The molecule has 3 nitrogen and oxygen atoms in total.